The summed E-state index contributed by atoms with van der Waals surface area (Å²) in [4.78, 5) is 40.4. The van der Waals surface area contributed by atoms with Crippen molar-refractivity contribution < 1.29 is 33.7 Å². The molecule has 1 aliphatic heterocycles. The highest BCUT2D eigenvalue weighted by atomic mass is 16.5. The third-order valence-electron chi connectivity index (χ3n) is 6.51. The van der Waals surface area contributed by atoms with Crippen molar-refractivity contribution in [2.45, 2.75) is 26.8 Å². The van der Waals surface area contributed by atoms with E-state index in [2.05, 4.69) is 0 Å². The van der Waals surface area contributed by atoms with E-state index in [1.807, 2.05) is 6.92 Å². The number of aryl methyl sites for hydroxylation is 2. The highest BCUT2D eigenvalue weighted by Gasteiger charge is 2.47. The summed E-state index contributed by atoms with van der Waals surface area (Å²) in [5.41, 5.74) is 3.09. The van der Waals surface area contributed by atoms with Gasteiger partial charge < -0.3 is 19.3 Å². The predicted molar refractivity (Wildman–Crippen MR) is 143 cm³/mol. The number of methoxy groups -OCH3 is 2. The molecule has 0 spiro atoms. The number of aliphatic hydroxyl groups excluding tert-OH is 1. The first-order valence-corrected chi connectivity index (χ1v) is 12.1. The Labute approximate surface area is 221 Å². The Bertz CT molecular complexity index is 1440. The fraction of sp³-hybridized carbons (Fsp3) is 0.233. The second-order valence-corrected chi connectivity index (χ2v) is 8.85. The summed E-state index contributed by atoms with van der Waals surface area (Å²) in [7, 11) is 3.08. The molecule has 1 fully saturated rings. The van der Waals surface area contributed by atoms with Gasteiger partial charge in [0.05, 0.1) is 38.0 Å². The lowest BCUT2D eigenvalue weighted by Crippen LogP contribution is -2.29. The number of ketones is 1. The molecule has 0 saturated carbocycles. The van der Waals surface area contributed by atoms with Gasteiger partial charge in [0.1, 0.15) is 17.3 Å². The predicted octanol–water partition coefficient (Wildman–Crippen LogP) is 5.12. The molecule has 1 saturated heterocycles. The number of esters is 1. The maximum absolute atomic E-state index is 13.5. The first-order chi connectivity index (χ1) is 18.2. The maximum atomic E-state index is 13.5. The van der Waals surface area contributed by atoms with Crippen LogP contribution >= 0.6 is 0 Å². The molecular formula is C30H29NO7. The molecule has 1 atom stereocenters. The van der Waals surface area contributed by atoms with E-state index in [-0.39, 0.29) is 17.9 Å². The van der Waals surface area contributed by atoms with Crippen LogP contribution in [0.15, 0.2) is 66.2 Å². The minimum atomic E-state index is -0.944. The molecule has 8 nitrogen and oxygen atoms in total. The normalized spacial score (nSPS) is 16.4. The van der Waals surface area contributed by atoms with Crippen LogP contribution in [0.25, 0.3) is 5.76 Å². The maximum Gasteiger partial charge on any atom is 0.338 e. The van der Waals surface area contributed by atoms with Gasteiger partial charge in [-0.05, 0) is 86.0 Å². The Morgan fingerprint density at radius 2 is 1.66 bits per heavy atom. The number of aliphatic hydroxyl groups is 1. The van der Waals surface area contributed by atoms with E-state index in [9.17, 15) is 19.5 Å². The molecule has 1 unspecified atom stereocenters. The van der Waals surface area contributed by atoms with E-state index in [0.29, 0.717) is 39.4 Å². The first-order valence-electron chi connectivity index (χ1n) is 12.1. The van der Waals surface area contributed by atoms with Gasteiger partial charge in [0.2, 0.25) is 0 Å². The summed E-state index contributed by atoms with van der Waals surface area (Å²) in [6, 6.07) is 15.8. The van der Waals surface area contributed by atoms with E-state index in [4.69, 9.17) is 14.2 Å². The fourth-order valence-corrected chi connectivity index (χ4v) is 4.61. The lowest BCUT2D eigenvalue weighted by molar-refractivity contribution is -0.132. The molecule has 0 bridgehead atoms. The van der Waals surface area contributed by atoms with E-state index in [0.717, 1.165) is 5.56 Å². The van der Waals surface area contributed by atoms with Crippen LogP contribution in [0.2, 0.25) is 0 Å². The monoisotopic (exact) mass is 515 g/mol. The molecule has 3 aromatic rings. The molecule has 4 rings (SSSR count). The van der Waals surface area contributed by atoms with Crippen molar-refractivity contribution in [3.8, 4) is 11.5 Å². The number of carbonyl (C=O) groups excluding carboxylic acids is 3. The largest absolute Gasteiger partial charge is 0.507 e. The molecule has 38 heavy (non-hydrogen) atoms. The summed E-state index contributed by atoms with van der Waals surface area (Å²) >= 11 is 0. The van der Waals surface area contributed by atoms with E-state index in [1.165, 1.54) is 24.1 Å². The van der Waals surface area contributed by atoms with Crippen molar-refractivity contribution in [2.24, 2.45) is 0 Å². The molecule has 0 aromatic heterocycles. The molecule has 1 N–H and O–H groups in total. The second kappa shape index (κ2) is 10.8. The number of carbonyl (C=O) groups is 3. The smallest absolute Gasteiger partial charge is 0.338 e. The molecule has 1 amide bonds. The van der Waals surface area contributed by atoms with Gasteiger partial charge in [0, 0.05) is 11.3 Å². The lowest BCUT2D eigenvalue weighted by Gasteiger charge is -2.26. The summed E-state index contributed by atoms with van der Waals surface area (Å²) in [5, 5.41) is 11.5. The zero-order valence-electron chi connectivity index (χ0n) is 21.9. The summed E-state index contributed by atoms with van der Waals surface area (Å²) < 4.78 is 15.8. The van der Waals surface area contributed by atoms with Crippen LogP contribution in [0.5, 0.6) is 11.5 Å². The standard InChI is InChI=1S/C30H29NO7/c1-6-38-30(35)19-10-12-21(13-11-19)31-26(20-8-7-9-22(16-20)36-4)25(28(33)29(31)34)27(32)23-14-18(3)24(37-5)15-17(23)2/h7-16,26,32H,6H2,1-5H3/b27-25+. The lowest BCUT2D eigenvalue weighted by atomic mass is 9.93. The third kappa shape index (κ3) is 4.72. The molecular weight excluding hydrogens is 486 g/mol. The van der Waals surface area contributed by atoms with Gasteiger partial charge >= 0.3 is 5.97 Å². The number of anilines is 1. The summed E-state index contributed by atoms with van der Waals surface area (Å²) in [6.45, 7) is 5.57. The highest BCUT2D eigenvalue weighted by Crippen LogP contribution is 2.43. The third-order valence-corrected chi connectivity index (χ3v) is 6.51. The van der Waals surface area contributed by atoms with Crippen molar-refractivity contribution in [3.05, 3.63) is 94.1 Å². The molecule has 3 aromatic carbocycles. The average Bonchev–Trinajstić information content (AvgIpc) is 3.19. The average molecular weight is 516 g/mol. The van der Waals surface area contributed by atoms with Gasteiger partial charge in [-0.2, -0.15) is 0 Å². The second-order valence-electron chi connectivity index (χ2n) is 8.85. The molecule has 196 valence electrons. The Balaban J connectivity index is 1.92. The van der Waals surface area contributed by atoms with Crippen molar-refractivity contribution >= 4 is 29.1 Å². The van der Waals surface area contributed by atoms with Crippen molar-refractivity contribution in [1.29, 1.82) is 0 Å². The van der Waals surface area contributed by atoms with Gasteiger partial charge in [-0.1, -0.05) is 12.1 Å². The number of rotatable bonds is 7. The van der Waals surface area contributed by atoms with Gasteiger partial charge in [-0.15, -0.1) is 0 Å². The molecule has 0 aliphatic carbocycles. The fourth-order valence-electron chi connectivity index (χ4n) is 4.61. The Hall–Kier alpha value is -4.59. The van der Waals surface area contributed by atoms with Crippen molar-refractivity contribution in [2.75, 3.05) is 25.7 Å². The minimum absolute atomic E-state index is 0.0506. The zero-order chi connectivity index (χ0) is 27.6. The molecule has 0 radical (unpaired) electrons. The van der Waals surface area contributed by atoms with Crippen molar-refractivity contribution in [3.63, 3.8) is 0 Å². The van der Waals surface area contributed by atoms with Crippen LogP contribution < -0.4 is 14.4 Å². The topological polar surface area (TPSA) is 102 Å². The van der Waals surface area contributed by atoms with E-state index < -0.39 is 23.7 Å². The van der Waals surface area contributed by atoms with Crippen LogP contribution in [0, 0.1) is 13.8 Å². The van der Waals surface area contributed by atoms with Crippen LogP contribution in [-0.2, 0) is 14.3 Å². The molecule has 1 heterocycles. The number of amides is 1. The Morgan fingerprint density at radius 1 is 0.947 bits per heavy atom. The van der Waals surface area contributed by atoms with E-state index in [1.54, 1.807) is 69.5 Å². The van der Waals surface area contributed by atoms with Gasteiger partial charge in [-0.25, -0.2) is 4.79 Å². The number of ether oxygens (including phenoxy) is 3. The minimum Gasteiger partial charge on any atom is -0.507 e. The first kappa shape index (κ1) is 26.5. The number of nitrogens with zero attached hydrogens (tertiary/aromatic N) is 1. The number of Topliss-reactive ketones (excluding diaryl/α,β-unsaturated/α-hetero) is 1. The number of benzene rings is 3. The van der Waals surface area contributed by atoms with Crippen molar-refractivity contribution in [1.82, 2.24) is 0 Å². The zero-order valence-corrected chi connectivity index (χ0v) is 21.9. The summed E-state index contributed by atoms with van der Waals surface area (Å²) in [6.07, 6.45) is 0. The Kier molecular flexibility index (Phi) is 7.52. The number of hydrogen-bond acceptors (Lipinski definition) is 7. The number of hydrogen-bond donors (Lipinski definition) is 1. The quantitative estimate of drug-likeness (QED) is 0.202. The van der Waals surface area contributed by atoms with Crippen LogP contribution in [0.1, 0.15) is 45.6 Å². The highest BCUT2D eigenvalue weighted by molar-refractivity contribution is 6.51. The molecule has 8 heteroatoms. The van der Waals surface area contributed by atoms with Gasteiger partial charge in [-0.3, -0.25) is 14.5 Å². The van der Waals surface area contributed by atoms with Crippen LogP contribution in [0.3, 0.4) is 0 Å². The van der Waals surface area contributed by atoms with Crippen LogP contribution in [0.4, 0.5) is 5.69 Å². The van der Waals surface area contributed by atoms with Crippen LogP contribution in [-0.4, -0.2) is 43.6 Å². The van der Waals surface area contributed by atoms with E-state index >= 15 is 0 Å². The van der Waals surface area contributed by atoms with Gasteiger partial charge in [0.15, 0.2) is 0 Å². The Morgan fingerprint density at radius 3 is 2.29 bits per heavy atom. The summed E-state index contributed by atoms with van der Waals surface area (Å²) in [5.74, 6) is -1.22. The van der Waals surface area contributed by atoms with Gasteiger partial charge in [0.25, 0.3) is 11.7 Å². The molecule has 1 aliphatic rings. The SMILES string of the molecule is CCOC(=O)c1ccc(N2C(=O)C(=O)/C(=C(/O)c3cc(C)c(OC)cc3C)C2c2cccc(OC)c2)cc1.